The van der Waals surface area contributed by atoms with Gasteiger partial charge in [0.2, 0.25) is 5.88 Å². The van der Waals surface area contributed by atoms with E-state index in [0.717, 1.165) is 24.7 Å². The molecule has 1 N–H and O–H groups in total. The van der Waals surface area contributed by atoms with E-state index in [1.807, 2.05) is 20.0 Å². The van der Waals surface area contributed by atoms with E-state index in [1.54, 1.807) is 4.68 Å². The minimum absolute atomic E-state index is 0.133. The minimum Gasteiger partial charge on any atom is -0.477 e. The summed E-state index contributed by atoms with van der Waals surface area (Å²) in [6.07, 6.45) is 0. The molecule has 0 saturated heterocycles. The lowest BCUT2D eigenvalue weighted by molar-refractivity contribution is 0.166. The SMILES string of the molecule is CCNCC(C)(C)COc1cc(C)nn1C. The molecule has 0 aliphatic carbocycles. The first-order valence-corrected chi connectivity index (χ1v) is 5.79. The molecule has 0 amide bonds. The molecular formula is C12H23N3O. The van der Waals surface area contributed by atoms with Gasteiger partial charge in [0.05, 0.1) is 12.3 Å². The summed E-state index contributed by atoms with van der Waals surface area (Å²) in [4.78, 5) is 0. The fourth-order valence-electron chi connectivity index (χ4n) is 1.51. The second-order valence-electron chi connectivity index (χ2n) is 4.98. The van der Waals surface area contributed by atoms with E-state index in [0.29, 0.717) is 6.61 Å². The molecular weight excluding hydrogens is 202 g/mol. The quantitative estimate of drug-likeness (QED) is 0.801. The standard InChI is InChI=1S/C12H23N3O/c1-6-13-8-12(3,4)9-16-11-7-10(2)14-15(11)5/h7,13H,6,8-9H2,1-5H3. The Morgan fingerprint density at radius 1 is 1.50 bits per heavy atom. The van der Waals surface area contributed by atoms with Crippen molar-refractivity contribution in [2.24, 2.45) is 12.5 Å². The lowest BCUT2D eigenvalue weighted by Gasteiger charge is -2.24. The number of hydrogen-bond acceptors (Lipinski definition) is 3. The van der Waals surface area contributed by atoms with Crippen molar-refractivity contribution in [1.29, 1.82) is 0 Å². The largest absolute Gasteiger partial charge is 0.477 e. The van der Waals surface area contributed by atoms with E-state index in [1.165, 1.54) is 0 Å². The molecule has 1 aromatic heterocycles. The molecule has 0 unspecified atom stereocenters. The Hall–Kier alpha value is -1.03. The van der Waals surface area contributed by atoms with Crippen LogP contribution in [0.3, 0.4) is 0 Å². The van der Waals surface area contributed by atoms with E-state index < -0.39 is 0 Å². The maximum Gasteiger partial charge on any atom is 0.211 e. The molecule has 1 heterocycles. The van der Waals surface area contributed by atoms with Gasteiger partial charge in [-0.15, -0.1) is 0 Å². The molecule has 0 fully saturated rings. The summed E-state index contributed by atoms with van der Waals surface area (Å²) in [6, 6.07) is 1.96. The molecule has 16 heavy (non-hydrogen) atoms. The van der Waals surface area contributed by atoms with Gasteiger partial charge in [-0.2, -0.15) is 5.10 Å². The van der Waals surface area contributed by atoms with Gasteiger partial charge in [-0.3, -0.25) is 0 Å². The van der Waals surface area contributed by atoms with Gasteiger partial charge in [0.1, 0.15) is 0 Å². The van der Waals surface area contributed by atoms with Gasteiger partial charge < -0.3 is 10.1 Å². The molecule has 0 bridgehead atoms. The summed E-state index contributed by atoms with van der Waals surface area (Å²) < 4.78 is 7.56. The fraction of sp³-hybridized carbons (Fsp3) is 0.750. The van der Waals surface area contributed by atoms with E-state index in [4.69, 9.17) is 4.74 Å². The van der Waals surface area contributed by atoms with Crippen LogP contribution >= 0.6 is 0 Å². The monoisotopic (exact) mass is 225 g/mol. The van der Waals surface area contributed by atoms with Crippen LogP contribution in [-0.4, -0.2) is 29.5 Å². The Bertz CT molecular complexity index is 331. The van der Waals surface area contributed by atoms with Gasteiger partial charge in [-0.25, -0.2) is 4.68 Å². The normalized spacial score (nSPS) is 11.8. The van der Waals surface area contributed by atoms with Crippen LogP contribution in [-0.2, 0) is 7.05 Å². The van der Waals surface area contributed by atoms with Crippen molar-refractivity contribution in [3.63, 3.8) is 0 Å². The number of ether oxygens (including phenoxy) is 1. The van der Waals surface area contributed by atoms with Crippen molar-refractivity contribution in [2.45, 2.75) is 27.7 Å². The smallest absolute Gasteiger partial charge is 0.211 e. The van der Waals surface area contributed by atoms with Crippen LogP contribution in [0.2, 0.25) is 0 Å². The highest BCUT2D eigenvalue weighted by molar-refractivity contribution is 5.14. The summed E-state index contributed by atoms with van der Waals surface area (Å²) in [5.74, 6) is 0.835. The number of aromatic nitrogens is 2. The highest BCUT2D eigenvalue weighted by Gasteiger charge is 2.19. The van der Waals surface area contributed by atoms with Crippen LogP contribution in [0.1, 0.15) is 26.5 Å². The van der Waals surface area contributed by atoms with Crippen molar-refractivity contribution < 1.29 is 4.74 Å². The molecule has 0 radical (unpaired) electrons. The van der Waals surface area contributed by atoms with E-state index in [-0.39, 0.29) is 5.41 Å². The number of nitrogens with zero attached hydrogens (tertiary/aromatic N) is 2. The average Bonchev–Trinajstić information content (AvgIpc) is 2.52. The summed E-state index contributed by atoms with van der Waals surface area (Å²) >= 11 is 0. The molecule has 1 aromatic rings. The zero-order chi connectivity index (χ0) is 12.2. The van der Waals surface area contributed by atoms with Crippen LogP contribution in [0.25, 0.3) is 0 Å². The van der Waals surface area contributed by atoms with Crippen molar-refractivity contribution in [3.8, 4) is 5.88 Å². The maximum absolute atomic E-state index is 5.78. The third-order valence-corrected chi connectivity index (χ3v) is 2.42. The zero-order valence-electron chi connectivity index (χ0n) is 11.0. The third kappa shape index (κ3) is 3.85. The van der Waals surface area contributed by atoms with Crippen molar-refractivity contribution >= 4 is 0 Å². The molecule has 4 nitrogen and oxygen atoms in total. The number of aryl methyl sites for hydroxylation is 2. The predicted molar refractivity (Wildman–Crippen MR) is 65.8 cm³/mol. The van der Waals surface area contributed by atoms with Crippen LogP contribution in [0.15, 0.2) is 6.07 Å². The topological polar surface area (TPSA) is 39.1 Å². The second-order valence-corrected chi connectivity index (χ2v) is 4.98. The van der Waals surface area contributed by atoms with Crippen molar-refractivity contribution in [3.05, 3.63) is 11.8 Å². The van der Waals surface area contributed by atoms with Gasteiger partial charge in [-0.05, 0) is 13.5 Å². The molecule has 0 spiro atoms. The van der Waals surface area contributed by atoms with Crippen molar-refractivity contribution in [2.75, 3.05) is 19.7 Å². The lowest BCUT2D eigenvalue weighted by Crippen LogP contribution is -2.34. The Balaban J connectivity index is 2.47. The Labute approximate surface area is 98.0 Å². The Kier molecular flexibility index (Phi) is 4.35. The van der Waals surface area contributed by atoms with Gasteiger partial charge in [0, 0.05) is 25.1 Å². The molecule has 0 aliphatic heterocycles. The summed E-state index contributed by atoms with van der Waals surface area (Å²) in [5.41, 5.74) is 1.12. The van der Waals surface area contributed by atoms with Crippen LogP contribution < -0.4 is 10.1 Å². The van der Waals surface area contributed by atoms with Gasteiger partial charge >= 0.3 is 0 Å². The van der Waals surface area contributed by atoms with E-state index in [2.05, 4.69) is 31.2 Å². The molecule has 4 heteroatoms. The first kappa shape index (κ1) is 13.0. The summed E-state index contributed by atoms with van der Waals surface area (Å²) in [7, 11) is 1.90. The number of nitrogens with one attached hydrogen (secondary N) is 1. The summed E-state index contributed by atoms with van der Waals surface area (Å²) in [6.45, 7) is 11.1. The predicted octanol–water partition coefficient (Wildman–Crippen LogP) is 1.74. The number of rotatable bonds is 6. The van der Waals surface area contributed by atoms with Gasteiger partial charge in [0.25, 0.3) is 0 Å². The lowest BCUT2D eigenvalue weighted by atomic mass is 9.95. The first-order chi connectivity index (χ1) is 7.44. The third-order valence-electron chi connectivity index (χ3n) is 2.42. The first-order valence-electron chi connectivity index (χ1n) is 5.79. The summed E-state index contributed by atoms with van der Waals surface area (Å²) in [5, 5.41) is 7.59. The average molecular weight is 225 g/mol. The molecule has 92 valence electrons. The van der Waals surface area contributed by atoms with E-state index >= 15 is 0 Å². The Morgan fingerprint density at radius 2 is 2.19 bits per heavy atom. The Morgan fingerprint density at radius 3 is 2.69 bits per heavy atom. The molecule has 0 aromatic carbocycles. The second kappa shape index (κ2) is 5.34. The van der Waals surface area contributed by atoms with Gasteiger partial charge in [0.15, 0.2) is 0 Å². The van der Waals surface area contributed by atoms with Gasteiger partial charge in [-0.1, -0.05) is 20.8 Å². The minimum atomic E-state index is 0.133. The highest BCUT2D eigenvalue weighted by atomic mass is 16.5. The van der Waals surface area contributed by atoms with Crippen molar-refractivity contribution in [1.82, 2.24) is 15.1 Å². The van der Waals surface area contributed by atoms with Crippen LogP contribution in [0.4, 0.5) is 0 Å². The molecule has 0 aliphatic rings. The van der Waals surface area contributed by atoms with E-state index in [9.17, 15) is 0 Å². The van der Waals surface area contributed by atoms with Crippen LogP contribution in [0, 0.1) is 12.3 Å². The molecule has 0 saturated carbocycles. The van der Waals surface area contributed by atoms with Crippen LogP contribution in [0.5, 0.6) is 5.88 Å². The molecule has 1 rings (SSSR count). The highest BCUT2D eigenvalue weighted by Crippen LogP contribution is 2.18. The zero-order valence-corrected chi connectivity index (χ0v) is 11.0. The number of hydrogen-bond donors (Lipinski definition) is 1. The maximum atomic E-state index is 5.78. The fourth-order valence-corrected chi connectivity index (χ4v) is 1.51. The molecule has 0 atom stereocenters.